The summed E-state index contributed by atoms with van der Waals surface area (Å²) in [5, 5.41) is 6.79. The Kier molecular flexibility index (Phi) is 12.8. The molecule has 4 atom stereocenters. The van der Waals surface area contributed by atoms with Crippen molar-refractivity contribution in [3.63, 3.8) is 0 Å². The standard InChI is InChI=1S/C44H53N4O5.Mg/c1-11-22(2)13-12-14-23(3)17-18-53-37(49)16-15-30-28(8)35-20-33-26(6)24(4)31(45-33)19-32-25(5)27(7)34(46-32)21-36-29(9)38-42(48-36)39(41(30)47-35)40(43(38)50)44(51)52-10;/h17,19-22,28,30,40H,11-16,18H2,1-10H3,(H-,47,48,50);/q-3;+2/p-1/b23-17-,32-19-,34-21-,35-20-;/t22-,28+,30+,40-;/m1./s1. The summed E-state index contributed by atoms with van der Waals surface area (Å²) in [6, 6.07) is 0. The van der Waals surface area contributed by atoms with Gasteiger partial charge in [-0.15, -0.1) is 33.5 Å². The quantitative estimate of drug-likeness (QED) is 0.0938. The first-order chi connectivity index (χ1) is 25.2. The molecule has 3 aromatic heterocycles. The van der Waals surface area contributed by atoms with Gasteiger partial charge in [-0.05, 0) is 84.6 Å². The molecule has 2 aliphatic heterocycles. The molecular formula is C44H52MgN4O5-2. The third-order valence-electron chi connectivity index (χ3n) is 11.9. The molecule has 1 saturated heterocycles. The van der Waals surface area contributed by atoms with Crippen molar-refractivity contribution in [2.75, 3.05) is 13.7 Å². The van der Waals surface area contributed by atoms with Crippen LogP contribution < -0.4 is 25.7 Å². The van der Waals surface area contributed by atoms with Crippen LogP contribution >= 0.6 is 0 Å². The maximum absolute atomic E-state index is 14.2. The van der Waals surface area contributed by atoms with E-state index in [9.17, 15) is 14.4 Å². The SMILES string of the molecule is CC[C@@H](C)CCC/C(C)=C\COC(=O)CC[C@@H]1/C2=C3/c4[n-]c(c(C)c4C(=O)[C@@H]3C(=O)OC)/C=c3\[n-]/c(c(C)c3C)=C\c3[n-]c(c(C)c3C)/C=C(\[N-]2)[C@H]1C.[Mg+2]. The van der Waals surface area contributed by atoms with Gasteiger partial charge in [0.25, 0.3) is 0 Å². The predicted octanol–water partition coefficient (Wildman–Crippen LogP) is 6.55. The van der Waals surface area contributed by atoms with Gasteiger partial charge in [0.2, 0.25) is 0 Å². The molecule has 8 bridgehead atoms. The van der Waals surface area contributed by atoms with E-state index in [1.807, 2.05) is 38.2 Å². The average Bonchev–Trinajstić information content (AvgIpc) is 3.86. The van der Waals surface area contributed by atoms with Crippen LogP contribution in [0.15, 0.2) is 23.0 Å². The Morgan fingerprint density at radius 3 is 2.15 bits per heavy atom. The minimum Gasteiger partial charge on any atom is -0.664 e. The normalized spacial score (nSPS) is 23.0. The van der Waals surface area contributed by atoms with Crippen molar-refractivity contribution < 1.29 is 23.9 Å². The molecule has 3 aromatic rings. The molecule has 10 heteroatoms. The number of esters is 2. The Hall–Kier alpha value is -4.02. The van der Waals surface area contributed by atoms with Crippen molar-refractivity contribution in [3.05, 3.63) is 95.2 Å². The van der Waals surface area contributed by atoms with Crippen molar-refractivity contribution in [1.82, 2.24) is 15.0 Å². The van der Waals surface area contributed by atoms with Gasteiger partial charge in [0.05, 0.1) is 7.11 Å². The molecule has 1 fully saturated rings. The van der Waals surface area contributed by atoms with Crippen LogP contribution in [0.5, 0.6) is 0 Å². The van der Waals surface area contributed by atoms with E-state index < -0.39 is 11.9 Å². The number of carbonyl (C=O) groups is 3. The number of aromatic nitrogens is 3. The number of methoxy groups -OCH3 is 1. The Morgan fingerprint density at radius 2 is 1.52 bits per heavy atom. The third kappa shape index (κ3) is 7.74. The van der Waals surface area contributed by atoms with Crippen molar-refractivity contribution in [1.29, 1.82) is 0 Å². The largest absolute Gasteiger partial charge is 2.00 e. The molecule has 6 rings (SSSR count). The van der Waals surface area contributed by atoms with Crippen LogP contribution in [0.4, 0.5) is 0 Å². The molecular weight excluding hydrogens is 689 g/mol. The molecule has 5 heterocycles. The molecule has 1 aliphatic carbocycles. The summed E-state index contributed by atoms with van der Waals surface area (Å²) in [4.78, 5) is 55.8. The number of rotatable bonds is 11. The van der Waals surface area contributed by atoms with E-state index in [0.29, 0.717) is 46.1 Å². The zero-order valence-electron chi connectivity index (χ0n) is 33.6. The number of hydrogen-bond acceptors (Lipinski definition) is 5. The molecule has 0 aromatic carbocycles. The predicted molar refractivity (Wildman–Crippen MR) is 213 cm³/mol. The van der Waals surface area contributed by atoms with Crippen LogP contribution in [0.3, 0.4) is 0 Å². The Bertz CT molecular complexity index is 2190. The maximum atomic E-state index is 14.2. The topological polar surface area (TPSA) is 126 Å². The fraction of sp³-hybridized carbons (Fsp3) is 0.477. The second-order valence-electron chi connectivity index (χ2n) is 15.3. The van der Waals surface area contributed by atoms with Gasteiger partial charge in [0.15, 0.2) is 5.78 Å². The summed E-state index contributed by atoms with van der Waals surface area (Å²) in [6.45, 7) is 18.9. The van der Waals surface area contributed by atoms with E-state index in [1.54, 1.807) is 0 Å². The van der Waals surface area contributed by atoms with E-state index >= 15 is 0 Å². The molecule has 3 aliphatic rings. The smallest absolute Gasteiger partial charge is 0.664 e. The number of hydrogen-bond donors (Lipinski definition) is 0. The van der Waals surface area contributed by atoms with Crippen molar-refractivity contribution in [2.45, 2.75) is 101 Å². The fourth-order valence-electron chi connectivity index (χ4n) is 7.79. The second-order valence-corrected chi connectivity index (χ2v) is 15.3. The fourth-order valence-corrected chi connectivity index (χ4v) is 7.79. The molecule has 0 unspecified atom stereocenters. The monoisotopic (exact) mass is 740 g/mol. The number of fused-ring (bicyclic) bond motifs is 7. The van der Waals surface area contributed by atoms with E-state index in [0.717, 1.165) is 62.9 Å². The molecule has 282 valence electrons. The van der Waals surface area contributed by atoms with Gasteiger partial charge in [0.1, 0.15) is 12.5 Å². The first-order valence-corrected chi connectivity index (χ1v) is 19.0. The first-order valence-electron chi connectivity index (χ1n) is 19.0. The van der Waals surface area contributed by atoms with E-state index in [2.05, 4.69) is 48.5 Å². The molecule has 0 radical (unpaired) electrons. The van der Waals surface area contributed by atoms with Gasteiger partial charge in [-0.3, -0.25) is 14.4 Å². The van der Waals surface area contributed by atoms with Gasteiger partial charge >= 0.3 is 35.0 Å². The summed E-state index contributed by atoms with van der Waals surface area (Å²) in [6.07, 6.45) is 13.0. The van der Waals surface area contributed by atoms with E-state index in [-0.39, 0.29) is 59.7 Å². The molecule has 0 spiro atoms. The Labute approximate surface area is 335 Å². The van der Waals surface area contributed by atoms with Crippen LogP contribution in [0, 0.1) is 58.3 Å². The summed E-state index contributed by atoms with van der Waals surface area (Å²) >= 11 is 0. The molecule has 54 heavy (non-hydrogen) atoms. The number of allylic oxidation sites excluding steroid dienone is 3. The van der Waals surface area contributed by atoms with Crippen molar-refractivity contribution >= 4 is 64.6 Å². The minimum absolute atomic E-state index is 0. The zero-order valence-corrected chi connectivity index (χ0v) is 35.0. The van der Waals surface area contributed by atoms with Gasteiger partial charge < -0.3 is 29.7 Å². The summed E-state index contributed by atoms with van der Waals surface area (Å²) in [7, 11) is 1.29. The zero-order chi connectivity index (χ0) is 38.3. The summed E-state index contributed by atoms with van der Waals surface area (Å²) in [5.41, 5.74) is 11.0. The van der Waals surface area contributed by atoms with Crippen molar-refractivity contribution in [3.8, 4) is 0 Å². The second kappa shape index (κ2) is 16.8. The van der Waals surface area contributed by atoms with Gasteiger partial charge in [-0.25, -0.2) is 0 Å². The number of ether oxygens (including phenoxy) is 2. The van der Waals surface area contributed by atoms with Crippen LogP contribution in [0.2, 0.25) is 0 Å². The number of Topliss-reactive ketones (excluding diaryl/α,β-unsaturated/α-hetero) is 1. The van der Waals surface area contributed by atoms with E-state index in [4.69, 9.17) is 29.7 Å². The Balaban J connectivity index is 0.00000561. The van der Waals surface area contributed by atoms with Gasteiger partial charge in [0, 0.05) is 12.0 Å². The molecule has 0 N–H and O–H groups in total. The molecule has 9 nitrogen and oxygen atoms in total. The molecule has 0 amide bonds. The number of nitrogens with zero attached hydrogens (tertiary/aromatic N) is 4. The third-order valence-corrected chi connectivity index (χ3v) is 11.9. The average molecular weight is 741 g/mol. The summed E-state index contributed by atoms with van der Waals surface area (Å²) < 4.78 is 10.9. The van der Waals surface area contributed by atoms with E-state index in [1.165, 1.54) is 25.5 Å². The molecule has 0 saturated carbocycles. The Morgan fingerprint density at radius 1 is 0.889 bits per heavy atom. The van der Waals surface area contributed by atoms with Gasteiger partial charge in [-0.2, -0.15) is 11.4 Å². The van der Waals surface area contributed by atoms with Crippen molar-refractivity contribution in [2.24, 2.45) is 23.7 Å². The number of carbonyl (C=O) groups excluding carboxylic acids is 3. The van der Waals surface area contributed by atoms with Crippen LogP contribution in [0.25, 0.3) is 29.1 Å². The summed E-state index contributed by atoms with van der Waals surface area (Å²) in [5.74, 6) is -2.24. The van der Waals surface area contributed by atoms with Crippen LogP contribution in [-0.4, -0.2) is 54.5 Å². The minimum atomic E-state index is -1.20. The van der Waals surface area contributed by atoms with Crippen LogP contribution in [0.1, 0.15) is 127 Å². The maximum Gasteiger partial charge on any atom is 2.00 e. The van der Waals surface area contributed by atoms with Crippen LogP contribution in [-0.2, 0) is 19.1 Å². The number of ketones is 1. The first kappa shape index (κ1) is 41.1. The van der Waals surface area contributed by atoms with Gasteiger partial charge in [-0.1, -0.05) is 90.8 Å².